The Balaban J connectivity index is 0.000000561. The molecule has 0 bridgehead atoms. The average molecular weight is 168 g/mol. The van der Waals surface area contributed by atoms with E-state index in [9.17, 15) is 0 Å². The minimum atomic E-state index is 0.115. The molecule has 1 rings (SSSR count). The SMILES string of the molecule is CC.CC(C)c1ncc(O)cn1. The van der Waals surface area contributed by atoms with Gasteiger partial charge in [0.2, 0.25) is 0 Å². The second-order valence-corrected chi connectivity index (χ2v) is 2.45. The van der Waals surface area contributed by atoms with Crippen molar-refractivity contribution in [3.05, 3.63) is 18.2 Å². The average Bonchev–Trinajstić information content (AvgIpc) is 2.09. The molecule has 0 saturated heterocycles. The Bertz CT molecular complexity index is 206. The van der Waals surface area contributed by atoms with E-state index in [4.69, 9.17) is 5.11 Å². The van der Waals surface area contributed by atoms with Crippen LogP contribution in [-0.2, 0) is 0 Å². The van der Waals surface area contributed by atoms with Crippen molar-refractivity contribution in [2.24, 2.45) is 0 Å². The molecule has 1 aromatic heterocycles. The van der Waals surface area contributed by atoms with Crippen LogP contribution < -0.4 is 0 Å². The molecule has 1 aromatic rings. The molecule has 0 aliphatic carbocycles. The molecule has 1 N–H and O–H groups in total. The van der Waals surface area contributed by atoms with Crippen LogP contribution in [0.3, 0.4) is 0 Å². The molecule has 3 heteroatoms. The van der Waals surface area contributed by atoms with Crippen LogP contribution in [0.5, 0.6) is 5.75 Å². The fourth-order valence-electron chi connectivity index (χ4n) is 0.629. The molecule has 0 fully saturated rings. The van der Waals surface area contributed by atoms with Gasteiger partial charge in [-0.2, -0.15) is 0 Å². The zero-order valence-electron chi connectivity index (χ0n) is 8.07. The summed E-state index contributed by atoms with van der Waals surface area (Å²) in [6.07, 6.45) is 2.81. The summed E-state index contributed by atoms with van der Waals surface area (Å²) < 4.78 is 0. The first-order chi connectivity index (χ1) is 5.70. The summed E-state index contributed by atoms with van der Waals surface area (Å²) in [5, 5.41) is 8.81. The highest BCUT2D eigenvalue weighted by Gasteiger charge is 2.00. The van der Waals surface area contributed by atoms with Crippen LogP contribution in [-0.4, -0.2) is 15.1 Å². The number of nitrogens with zero attached hydrogens (tertiary/aromatic N) is 2. The minimum absolute atomic E-state index is 0.115. The Morgan fingerprint density at radius 2 is 1.58 bits per heavy atom. The summed E-state index contributed by atoms with van der Waals surface area (Å²) in [5.74, 6) is 1.20. The largest absolute Gasteiger partial charge is 0.505 e. The van der Waals surface area contributed by atoms with Gasteiger partial charge in [-0.05, 0) is 0 Å². The van der Waals surface area contributed by atoms with Crippen molar-refractivity contribution in [1.29, 1.82) is 0 Å². The molecule has 0 amide bonds. The lowest BCUT2D eigenvalue weighted by Gasteiger charge is -2.00. The van der Waals surface area contributed by atoms with E-state index in [0.29, 0.717) is 5.92 Å². The second-order valence-electron chi connectivity index (χ2n) is 2.45. The van der Waals surface area contributed by atoms with E-state index in [1.807, 2.05) is 27.7 Å². The maximum atomic E-state index is 8.81. The fourth-order valence-corrected chi connectivity index (χ4v) is 0.629. The number of aromatic hydroxyl groups is 1. The number of hydrogen-bond donors (Lipinski definition) is 1. The fraction of sp³-hybridized carbons (Fsp3) is 0.556. The molecule has 0 atom stereocenters. The summed E-state index contributed by atoms with van der Waals surface area (Å²) in [4.78, 5) is 7.83. The van der Waals surface area contributed by atoms with Gasteiger partial charge in [0.25, 0.3) is 0 Å². The van der Waals surface area contributed by atoms with Gasteiger partial charge in [0.15, 0.2) is 5.75 Å². The molecule has 12 heavy (non-hydrogen) atoms. The first kappa shape index (κ1) is 10.9. The molecule has 1 heterocycles. The molecular formula is C9H16N2O. The van der Waals surface area contributed by atoms with Crippen LogP contribution in [0, 0.1) is 0 Å². The van der Waals surface area contributed by atoms with Crippen molar-refractivity contribution >= 4 is 0 Å². The van der Waals surface area contributed by atoms with E-state index in [1.165, 1.54) is 12.4 Å². The summed E-state index contributed by atoms with van der Waals surface area (Å²) in [6.45, 7) is 8.01. The second kappa shape index (κ2) is 5.52. The molecule has 0 saturated carbocycles. The predicted octanol–water partition coefficient (Wildman–Crippen LogP) is 2.33. The Labute approximate surface area is 73.5 Å². The van der Waals surface area contributed by atoms with Crippen molar-refractivity contribution in [3.63, 3.8) is 0 Å². The Hall–Kier alpha value is -1.12. The summed E-state index contributed by atoms with van der Waals surface area (Å²) in [6, 6.07) is 0. The number of rotatable bonds is 1. The molecule has 0 radical (unpaired) electrons. The van der Waals surface area contributed by atoms with Crippen LogP contribution in [0.15, 0.2) is 12.4 Å². The summed E-state index contributed by atoms with van der Waals surface area (Å²) in [7, 11) is 0. The summed E-state index contributed by atoms with van der Waals surface area (Å²) in [5.41, 5.74) is 0. The van der Waals surface area contributed by atoms with Crippen LogP contribution in [0.1, 0.15) is 39.4 Å². The van der Waals surface area contributed by atoms with Gasteiger partial charge in [0.1, 0.15) is 5.82 Å². The molecule has 0 spiro atoms. The third-order valence-electron chi connectivity index (χ3n) is 1.17. The zero-order chi connectivity index (χ0) is 9.56. The van der Waals surface area contributed by atoms with Gasteiger partial charge in [-0.25, -0.2) is 9.97 Å². The maximum Gasteiger partial charge on any atom is 0.152 e. The molecular weight excluding hydrogens is 152 g/mol. The van der Waals surface area contributed by atoms with E-state index >= 15 is 0 Å². The molecule has 0 aromatic carbocycles. The van der Waals surface area contributed by atoms with Crippen LogP contribution >= 0.6 is 0 Å². The molecule has 68 valence electrons. The van der Waals surface area contributed by atoms with Gasteiger partial charge in [-0.15, -0.1) is 0 Å². The molecule has 0 aliphatic rings. The monoisotopic (exact) mass is 168 g/mol. The van der Waals surface area contributed by atoms with Gasteiger partial charge < -0.3 is 5.11 Å². The lowest BCUT2D eigenvalue weighted by Crippen LogP contribution is -1.94. The highest BCUT2D eigenvalue weighted by atomic mass is 16.3. The Kier molecular flexibility index (Phi) is 5.00. The van der Waals surface area contributed by atoms with Crippen molar-refractivity contribution in [2.75, 3.05) is 0 Å². The van der Waals surface area contributed by atoms with E-state index in [-0.39, 0.29) is 5.75 Å². The standard InChI is InChI=1S/C7H10N2O.C2H6/c1-5(2)7-8-3-6(10)4-9-7;1-2/h3-5,10H,1-2H3;1-2H3. The van der Waals surface area contributed by atoms with E-state index in [0.717, 1.165) is 5.82 Å². The lowest BCUT2D eigenvalue weighted by molar-refractivity contribution is 0.467. The normalized spacial score (nSPS) is 9.08. The molecule has 0 aliphatic heterocycles. The quantitative estimate of drug-likeness (QED) is 0.700. The van der Waals surface area contributed by atoms with Crippen molar-refractivity contribution < 1.29 is 5.11 Å². The van der Waals surface area contributed by atoms with E-state index in [2.05, 4.69) is 9.97 Å². The highest BCUT2D eigenvalue weighted by molar-refractivity contribution is 5.10. The first-order valence-electron chi connectivity index (χ1n) is 4.21. The molecule has 3 nitrogen and oxygen atoms in total. The van der Waals surface area contributed by atoms with Crippen LogP contribution in [0.2, 0.25) is 0 Å². The molecule has 0 unspecified atom stereocenters. The van der Waals surface area contributed by atoms with Gasteiger partial charge in [0, 0.05) is 5.92 Å². The highest BCUT2D eigenvalue weighted by Crippen LogP contribution is 2.09. The van der Waals surface area contributed by atoms with Crippen LogP contribution in [0.4, 0.5) is 0 Å². The van der Waals surface area contributed by atoms with E-state index in [1.54, 1.807) is 0 Å². The summed E-state index contributed by atoms with van der Waals surface area (Å²) >= 11 is 0. The number of aromatic nitrogens is 2. The smallest absolute Gasteiger partial charge is 0.152 e. The number of hydrogen-bond acceptors (Lipinski definition) is 3. The lowest BCUT2D eigenvalue weighted by atomic mass is 10.2. The maximum absolute atomic E-state index is 8.81. The third kappa shape index (κ3) is 3.32. The third-order valence-corrected chi connectivity index (χ3v) is 1.17. The van der Waals surface area contributed by atoms with Crippen molar-refractivity contribution in [3.8, 4) is 5.75 Å². The zero-order valence-corrected chi connectivity index (χ0v) is 8.07. The van der Waals surface area contributed by atoms with Gasteiger partial charge >= 0.3 is 0 Å². The Morgan fingerprint density at radius 3 is 1.92 bits per heavy atom. The van der Waals surface area contributed by atoms with E-state index < -0.39 is 0 Å². The van der Waals surface area contributed by atoms with Gasteiger partial charge in [-0.1, -0.05) is 27.7 Å². The van der Waals surface area contributed by atoms with Gasteiger partial charge in [0.05, 0.1) is 12.4 Å². The van der Waals surface area contributed by atoms with Crippen molar-refractivity contribution in [2.45, 2.75) is 33.6 Å². The van der Waals surface area contributed by atoms with Gasteiger partial charge in [-0.3, -0.25) is 0 Å². The first-order valence-corrected chi connectivity index (χ1v) is 4.21. The van der Waals surface area contributed by atoms with Crippen LogP contribution in [0.25, 0.3) is 0 Å². The predicted molar refractivity (Wildman–Crippen MR) is 49.1 cm³/mol. The topological polar surface area (TPSA) is 46.0 Å². The Morgan fingerprint density at radius 1 is 1.17 bits per heavy atom. The minimum Gasteiger partial charge on any atom is -0.505 e. The van der Waals surface area contributed by atoms with Crippen molar-refractivity contribution in [1.82, 2.24) is 9.97 Å².